The summed E-state index contributed by atoms with van der Waals surface area (Å²) in [6, 6.07) is 32.4. The van der Waals surface area contributed by atoms with Crippen LogP contribution >= 0.6 is 0 Å². The molecule has 1 nitrogen and oxygen atoms in total. The summed E-state index contributed by atoms with van der Waals surface area (Å²) in [7, 11) is 0. The minimum absolute atomic E-state index is 0.0348. The topological polar surface area (TPSA) is 3.24 Å². The van der Waals surface area contributed by atoms with Crippen molar-refractivity contribution in [2.45, 2.75) is 83.1 Å². The minimum Gasteiger partial charge on any atom is -0.336 e. The molecule has 38 heavy (non-hydrogen) atoms. The first-order chi connectivity index (χ1) is 18.2. The van der Waals surface area contributed by atoms with Crippen LogP contribution in [-0.4, -0.2) is 5.54 Å². The van der Waals surface area contributed by atoms with Crippen LogP contribution in [0, 0.1) is 0 Å². The molecule has 7 rings (SSSR count). The number of fused-ring (bicyclic) bond motifs is 3. The molecule has 192 valence electrons. The summed E-state index contributed by atoms with van der Waals surface area (Å²) in [6.07, 6.45) is 5.21. The second kappa shape index (κ2) is 8.34. The Balaban J connectivity index is 1.48. The molecular weight excluding hydrogens is 458 g/mol. The summed E-state index contributed by atoms with van der Waals surface area (Å²) in [5.74, 6) is 1.35. The highest BCUT2D eigenvalue weighted by Crippen LogP contribution is 2.56. The molecule has 0 aliphatic heterocycles. The Morgan fingerprint density at radius 1 is 0.605 bits per heavy atom. The zero-order valence-corrected chi connectivity index (χ0v) is 23.5. The summed E-state index contributed by atoms with van der Waals surface area (Å²) in [4.78, 5) is 2.70. The zero-order valence-electron chi connectivity index (χ0n) is 23.5. The molecule has 0 radical (unpaired) electrons. The van der Waals surface area contributed by atoms with Crippen molar-refractivity contribution in [3.8, 4) is 22.3 Å². The number of nitrogens with zero attached hydrogens (tertiary/aromatic N) is 1. The van der Waals surface area contributed by atoms with E-state index in [4.69, 9.17) is 0 Å². The van der Waals surface area contributed by atoms with Gasteiger partial charge in [0.1, 0.15) is 0 Å². The molecule has 0 spiro atoms. The molecule has 0 saturated heterocycles. The molecule has 0 unspecified atom stereocenters. The Kier molecular flexibility index (Phi) is 5.22. The molecule has 3 aliphatic carbocycles. The third kappa shape index (κ3) is 3.82. The van der Waals surface area contributed by atoms with Crippen LogP contribution in [0.1, 0.15) is 94.4 Å². The summed E-state index contributed by atoms with van der Waals surface area (Å²) < 4.78 is 0. The van der Waals surface area contributed by atoms with Crippen molar-refractivity contribution in [3.63, 3.8) is 0 Å². The Morgan fingerprint density at radius 2 is 1.24 bits per heavy atom. The van der Waals surface area contributed by atoms with Crippen LogP contribution < -0.4 is 4.90 Å². The lowest BCUT2D eigenvalue weighted by Gasteiger charge is -2.41. The van der Waals surface area contributed by atoms with Crippen molar-refractivity contribution < 1.29 is 0 Å². The van der Waals surface area contributed by atoms with Crippen LogP contribution in [0.5, 0.6) is 0 Å². The molecule has 0 amide bonds. The smallest absolute Gasteiger partial charge is 0.0457 e. The predicted molar refractivity (Wildman–Crippen MR) is 162 cm³/mol. The first kappa shape index (κ1) is 23.8. The van der Waals surface area contributed by atoms with Crippen LogP contribution in [0.15, 0.2) is 84.9 Å². The van der Waals surface area contributed by atoms with Crippen LogP contribution in [0.25, 0.3) is 22.3 Å². The molecule has 4 aromatic rings. The van der Waals surface area contributed by atoms with Gasteiger partial charge in [0.05, 0.1) is 0 Å². The van der Waals surface area contributed by atoms with Crippen molar-refractivity contribution in [1.82, 2.24) is 0 Å². The predicted octanol–water partition coefficient (Wildman–Crippen LogP) is 10.4. The van der Waals surface area contributed by atoms with Gasteiger partial charge in [0.2, 0.25) is 0 Å². The second-order valence-electron chi connectivity index (χ2n) is 13.3. The maximum Gasteiger partial charge on any atom is 0.0457 e. The van der Waals surface area contributed by atoms with Crippen LogP contribution in [0.2, 0.25) is 0 Å². The molecule has 4 aromatic carbocycles. The Labute approximate surface area is 228 Å². The lowest BCUT2D eigenvalue weighted by atomic mass is 9.81. The number of hydrogen-bond donors (Lipinski definition) is 0. The van der Waals surface area contributed by atoms with E-state index in [1.807, 2.05) is 0 Å². The second-order valence-corrected chi connectivity index (χ2v) is 13.3. The van der Waals surface area contributed by atoms with Gasteiger partial charge in [-0.15, -0.1) is 0 Å². The number of anilines is 2. The van der Waals surface area contributed by atoms with E-state index in [0.717, 1.165) is 0 Å². The number of hydrogen-bond acceptors (Lipinski definition) is 1. The Bertz CT molecular complexity index is 1530. The van der Waals surface area contributed by atoms with Gasteiger partial charge in [-0.05, 0) is 115 Å². The third-order valence-corrected chi connectivity index (χ3v) is 9.06. The molecule has 1 heteroatoms. The van der Waals surface area contributed by atoms with Gasteiger partial charge in [0.25, 0.3) is 0 Å². The first-order valence-corrected chi connectivity index (χ1v) is 14.5. The molecule has 0 aromatic heterocycles. The SMILES string of the molecule is CC1(C)c2ccccc2-c2cc(N(c3cc(-c4ccccc4)ccc3C3CC3)C(C)(C)C)c(C3CC3)cc21. The van der Waals surface area contributed by atoms with Gasteiger partial charge in [0.15, 0.2) is 0 Å². The monoisotopic (exact) mass is 497 g/mol. The molecule has 0 heterocycles. The van der Waals surface area contributed by atoms with Crippen molar-refractivity contribution in [3.05, 3.63) is 107 Å². The fourth-order valence-corrected chi connectivity index (χ4v) is 6.81. The highest BCUT2D eigenvalue weighted by Gasteiger charge is 2.41. The molecule has 0 atom stereocenters. The van der Waals surface area contributed by atoms with Crippen molar-refractivity contribution in [1.29, 1.82) is 0 Å². The van der Waals surface area contributed by atoms with Gasteiger partial charge >= 0.3 is 0 Å². The lowest BCUT2D eigenvalue weighted by Crippen LogP contribution is -2.39. The molecule has 2 saturated carbocycles. The molecular formula is C37H39N. The summed E-state index contributed by atoms with van der Waals surface area (Å²) in [6.45, 7) is 12.0. The number of benzene rings is 4. The van der Waals surface area contributed by atoms with Gasteiger partial charge in [-0.2, -0.15) is 0 Å². The Hall–Kier alpha value is -3.32. The molecule has 0 bridgehead atoms. The van der Waals surface area contributed by atoms with E-state index in [9.17, 15) is 0 Å². The maximum atomic E-state index is 2.70. The van der Waals surface area contributed by atoms with E-state index in [-0.39, 0.29) is 11.0 Å². The normalized spacial score (nSPS) is 17.7. The largest absolute Gasteiger partial charge is 0.336 e. The quantitative estimate of drug-likeness (QED) is 0.265. The first-order valence-electron chi connectivity index (χ1n) is 14.5. The average Bonchev–Trinajstić information content (AvgIpc) is 3.82. The van der Waals surface area contributed by atoms with Gasteiger partial charge in [-0.1, -0.05) is 86.6 Å². The van der Waals surface area contributed by atoms with Gasteiger partial charge < -0.3 is 4.90 Å². The van der Waals surface area contributed by atoms with E-state index < -0.39 is 0 Å². The summed E-state index contributed by atoms with van der Waals surface area (Å²) >= 11 is 0. The molecule has 3 aliphatic rings. The van der Waals surface area contributed by atoms with Gasteiger partial charge in [-0.3, -0.25) is 0 Å². The van der Waals surface area contributed by atoms with E-state index in [1.165, 1.54) is 76.0 Å². The van der Waals surface area contributed by atoms with Gasteiger partial charge in [0, 0.05) is 22.3 Å². The molecule has 0 N–H and O–H groups in total. The zero-order chi connectivity index (χ0) is 26.2. The van der Waals surface area contributed by atoms with Crippen LogP contribution in [0.4, 0.5) is 11.4 Å². The highest BCUT2D eigenvalue weighted by molar-refractivity contribution is 5.87. The van der Waals surface area contributed by atoms with Crippen molar-refractivity contribution in [2.24, 2.45) is 0 Å². The third-order valence-electron chi connectivity index (χ3n) is 9.06. The maximum absolute atomic E-state index is 2.70. The van der Waals surface area contributed by atoms with Gasteiger partial charge in [-0.25, -0.2) is 0 Å². The van der Waals surface area contributed by atoms with Crippen molar-refractivity contribution in [2.75, 3.05) is 4.90 Å². The lowest BCUT2D eigenvalue weighted by molar-refractivity contribution is 0.557. The van der Waals surface area contributed by atoms with E-state index in [0.29, 0.717) is 11.8 Å². The minimum atomic E-state index is -0.0650. The Morgan fingerprint density at radius 3 is 1.92 bits per heavy atom. The summed E-state index contributed by atoms with van der Waals surface area (Å²) in [5, 5.41) is 0. The van der Waals surface area contributed by atoms with E-state index >= 15 is 0 Å². The van der Waals surface area contributed by atoms with Crippen LogP contribution in [-0.2, 0) is 5.41 Å². The number of rotatable bonds is 5. The summed E-state index contributed by atoms with van der Waals surface area (Å²) in [5.41, 5.74) is 14.2. The van der Waals surface area contributed by atoms with E-state index in [1.54, 1.807) is 5.56 Å². The van der Waals surface area contributed by atoms with Crippen molar-refractivity contribution >= 4 is 11.4 Å². The fraction of sp³-hybridized carbons (Fsp3) is 0.351. The fourth-order valence-electron chi connectivity index (χ4n) is 6.81. The highest BCUT2D eigenvalue weighted by atomic mass is 15.2. The average molecular weight is 498 g/mol. The standard InChI is InChI=1S/C37H39N/c1-36(2,3)38(34-21-27(24-11-7-6-8-12-24)19-20-28(34)25-15-16-25)35-23-31-29-13-9-10-14-32(29)37(4,5)33(31)22-30(35)26-17-18-26/h6-14,19-23,25-26H,15-18H2,1-5H3. The molecule has 2 fully saturated rings. The van der Waals surface area contributed by atoms with E-state index in [2.05, 4.69) is 124 Å². The van der Waals surface area contributed by atoms with Crippen LogP contribution in [0.3, 0.4) is 0 Å².